The Kier molecular flexibility index (Phi) is 1.08. The van der Waals surface area contributed by atoms with Crippen molar-refractivity contribution in [1.29, 1.82) is 0 Å². The Morgan fingerprint density at radius 2 is 1.70 bits per heavy atom. The molecule has 0 aliphatic carbocycles. The smallest absolute Gasteiger partial charge is 0.160 e. The summed E-state index contributed by atoms with van der Waals surface area (Å²) in [6, 6.07) is 0. The molecule has 2 fully saturated rings. The molecule has 2 aliphatic heterocycles. The van der Waals surface area contributed by atoms with E-state index in [0.29, 0.717) is 13.1 Å². The summed E-state index contributed by atoms with van der Waals surface area (Å²) >= 11 is 0. The largest absolute Gasteiger partial charge is 0.505 e. The lowest BCUT2D eigenvalue weighted by Gasteiger charge is -2.28. The highest BCUT2D eigenvalue weighted by atomic mass is 32.3. The van der Waals surface area contributed by atoms with Crippen molar-refractivity contribution in [2.24, 2.45) is 0 Å². The van der Waals surface area contributed by atoms with Crippen LogP contribution in [0.3, 0.4) is 0 Å². The molecule has 7 nitrogen and oxygen atoms in total. The van der Waals surface area contributed by atoms with Gasteiger partial charge in [-0.05, 0) is 0 Å². The first-order valence-electron chi connectivity index (χ1n) is 2.69. The molecule has 0 aromatic carbocycles. The second-order valence-electron chi connectivity index (χ2n) is 1.93. The van der Waals surface area contributed by atoms with Gasteiger partial charge in [-0.2, -0.15) is 8.42 Å². The quantitative estimate of drug-likeness (QED) is 0.405. The van der Waals surface area contributed by atoms with Gasteiger partial charge in [-0.25, -0.2) is 0 Å². The van der Waals surface area contributed by atoms with Gasteiger partial charge in [0.25, 0.3) is 0 Å². The fourth-order valence-corrected chi connectivity index (χ4v) is 1.57. The van der Waals surface area contributed by atoms with Gasteiger partial charge in [0.05, 0.1) is 13.1 Å². The van der Waals surface area contributed by atoms with Crippen LogP contribution >= 0.6 is 0 Å². The second kappa shape index (κ2) is 1.67. The first-order valence-corrected chi connectivity index (χ1v) is 4.02. The lowest BCUT2D eigenvalue weighted by molar-refractivity contribution is -1.29. The summed E-state index contributed by atoms with van der Waals surface area (Å²) in [5.41, 5.74) is 5.26. The molecular weight excluding hydrogens is 162 g/mol. The average Bonchev–Trinajstić information content (AvgIpc) is 2.10. The van der Waals surface area contributed by atoms with E-state index in [1.165, 1.54) is 0 Å². The third kappa shape index (κ3) is 0.820. The maximum absolute atomic E-state index is 10.3. The zero-order valence-corrected chi connectivity index (χ0v) is 5.72. The zero-order valence-electron chi connectivity index (χ0n) is 4.90. The minimum Gasteiger partial charge on any atom is -0.160 e. The predicted octanol–water partition coefficient (Wildman–Crippen LogP) is -2.05. The molecule has 2 N–H and O–H groups in total. The molecule has 2 aliphatic rings. The van der Waals surface area contributed by atoms with Crippen LogP contribution in [0.1, 0.15) is 0 Å². The van der Waals surface area contributed by atoms with Crippen LogP contribution in [-0.4, -0.2) is 26.5 Å². The molecule has 0 atom stereocenters. The normalized spacial score (nSPS) is 34.0. The Hall–Kier alpha value is -0.250. The lowest BCUT2D eigenvalue weighted by atomic mass is 10.7. The van der Waals surface area contributed by atoms with Crippen molar-refractivity contribution < 1.29 is 22.0 Å². The second-order valence-corrected chi connectivity index (χ2v) is 3.04. The monoisotopic (exact) mass is 168 g/mol. The Morgan fingerprint density at radius 1 is 1.20 bits per heavy atom. The molecule has 58 valence electrons. The highest BCUT2D eigenvalue weighted by Gasteiger charge is 2.59. The zero-order chi connectivity index (χ0) is 7.24. The number of nitrogens with one attached hydrogen (secondary N) is 2. The molecule has 10 heavy (non-hydrogen) atoms. The van der Waals surface area contributed by atoms with Crippen LogP contribution in [0.4, 0.5) is 0 Å². The molecule has 2 saturated heterocycles. The lowest BCUT2D eigenvalue weighted by Crippen LogP contribution is -2.68. The fraction of sp³-hybridized carbons (Fsp3) is 1.00. The van der Waals surface area contributed by atoms with Gasteiger partial charge >= 0.3 is 10.4 Å². The Labute approximate surface area is 57.3 Å². The van der Waals surface area contributed by atoms with Crippen molar-refractivity contribution in [2.75, 3.05) is 13.1 Å². The maximum atomic E-state index is 10.3. The van der Waals surface area contributed by atoms with Crippen LogP contribution < -0.4 is 10.9 Å². The summed E-state index contributed by atoms with van der Waals surface area (Å²) in [5.74, 6) is 0. The minimum atomic E-state index is -3.73. The van der Waals surface area contributed by atoms with Gasteiger partial charge in [-0.3, -0.25) is 0 Å². The standard InChI is InChI=1S/C2H6N3O4S/c6-10(7)8-5(9-10)3-1-2-4-5/h3-4H,1-2H2/q+1. The Morgan fingerprint density at radius 3 is 2.10 bits per heavy atom. The summed E-state index contributed by atoms with van der Waals surface area (Å²) < 4.78 is 29.3. The van der Waals surface area contributed by atoms with E-state index in [9.17, 15) is 8.42 Å². The topological polar surface area (TPSA) is 76.7 Å². The van der Waals surface area contributed by atoms with Gasteiger partial charge in [0.2, 0.25) is 0 Å². The minimum absolute atomic E-state index is 0.607. The fourth-order valence-electron chi connectivity index (χ4n) is 0.830. The predicted molar refractivity (Wildman–Crippen MR) is 27.4 cm³/mol. The van der Waals surface area contributed by atoms with E-state index < -0.39 is 15.4 Å². The average molecular weight is 168 g/mol. The van der Waals surface area contributed by atoms with E-state index >= 15 is 0 Å². The van der Waals surface area contributed by atoms with E-state index in [0.717, 1.165) is 0 Å². The van der Waals surface area contributed by atoms with Crippen molar-refractivity contribution in [1.82, 2.24) is 10.9 Å². The van der Waals surface area contributed by atoms with Crippen molar-refractivity contribution in [3.8, 4) is 0 Å². The van der Waals surface area contributed by atoms with Crippen LogP contribution in [0.2, 0.25) is 0 Å². The first-order chi connectivity index (χ1) is 4.62. The van der Waals surface area contributed by atoms with E-state index in [1.54, 1.807) is 0 Å². The molecule has 0 radical (unpaired) electrons. The number of hydrogen-bond acceptors (Lipinski definition) is 6. The Bertz CT molecular complexity index is 227. The van der Waals surface area contributed by atoms with E-state index in [2.05, 4.69) is 19.4 Å². The molecule has 0 unspecified atom stereocenters. The Balaban J connectivity index is 2.12. The summed E-state index contributed by atoms with van der Waals surface area (Å²) in [7, 11) is -3.73. The third-order valence-corrected chi connectivity index (χ3v) is 1.94. The van der Waals surface area contributed by atoms with Gasteiger partial charge in [0, 0.05) is 8.57 Å². The van der Waals surface area contributed by atoms with Gasteiger partial charge in [-0.1, -0.05) is 10.9 Å². The SMILES string of the molecule is O=S1(=O)O[N+]2(NCCN2)O1. The first kappa shape index (κ1) is 6.46. The summed E-state index contributed by atoms with van der Waals surface area (Å²) in [6.45, 7) is 1.21. The van der Waals surface area contributed by atoms with E-state index in [-0.39, 0.29) is 0 Å². The van der Waals surface area contributed by atoms with Crippen LogP contribution in [0.25, 0.3) is 0 Å². The number of nitrogens with zero attached hydrogens (tertiary/aromatic N) is 1. The summed E-state index contributed by atoms with van der Waals surface area (Å²) in [5, 5.41) is -0.623. The highest BCUT2D eigenvalue weighted by molar-refractivity contribution is 7.82. The molecular formula is C2H6N3O4S+. The van der Waals surface area contributed by atoms with Gasteiger partial charge in [-0.15, -0.1) is 0 Å². The molecule has 2 heterocycles. The number of hydrogen-bond donors (Lipinski definition) is 2. The molecule has 0 aromatic heterocycles. The molecule has 8 heteroatoms. The van der Waals surface area contributed by atoms with Crippen LogP contribution in [0.5, 0.6) is 0 Å². The molecule has 2 rings (SSSR count). The van der Waals surface area contributed by atoms with E-state index in [1.807, 2.05) is 0 Å². The van der Waals surface area contributed by atoms with Gasteiger partial charge in [0.1, 0.15) is 0 Å². The van der Waals surface area contributed by atoms with Crippen LogP contribution in [-0.2, 0) is 19.0 Å². The van der Waals surface area contributed by atoms with Crippen molar-refractivity contribution >= 4 is 10.4 Å². The van der Waals surface area contributed by atoms with Crippen molar-refractivity contribution in [2.45, 2.75) is 0 Å². The van der Waals surface area contributed by atoms with Crippen LogP contribution in [0.15, 0.2) is 0 Å². The van der Waals surface area contributed by atoms with Gasteiger partial charge < -0.3 is 0 Å². The molecule has 0 saturated carbocycles. The molecule has 0 amide bonds. The van der Waals surface area contributed by atoms with Gasteiger partial charge in [0.15, 0.2) is 5.03 Å². The molecule has 0 bridgehead atoms. The van der Waals surface area contributed by atoms with Crippen LogP contribution in [0, 0.1) is 0 Å². The molecule has 1 spiro atoms. The van der Waals surface area contributed by atoms with Crippen molar-refractivity contribution in [3.63, 3.8) is 0 Å². The maximum Gasteiger partial charge on any atom is 0.505 e. The molecule has 0 aromatic rings. The van der Waals surface area contributed by atoms with E-state index in [4.69, 9.17) is 0 Å². The van der Waals surface area contributed by atoms with Crippen molar-refractivity contribution in [3.05, 3.63) is 0 Å². The summed E-state index contributed by atoms with van der Waals surface area (Å²) in [4.78, 5) is 0. The summed E-state index contributed by atoms with van der Waals surface area (Å²) in [6.07, 6.45) is 0. The third-order valence-electron chi connectivity index (χ3n) is 1.16. The number of rotatable bonds is 0. The number of quaternary nitrogens is 1. The highest BCUT2D eigenvalue weighted by Crippen LogP contribution is 2.23.